The zero-order valence-electron chi connectivity index (χ0n) is 12.3. The Hall–Kier alpha value is -1.13. The number of nitrogens with zero attached hydrogens (tertiary/aromatic N) is 1. The van der Waals surface area contributed by atoms with E-state index in [1.54, 1.807) is 6.07 Å². The van der Waals surface area contributed by atoms with Crippen molar-refractivity contribution in [1.29, 1.82) is 0 Å². The molecule has 1 atom stereocenters. The fourth-order valence-electron chi connectivity index (χ4n) is 3.24. The summed E-state index contributed by atoms with van der Waals surface area (Å²) in [6.07, 6.45) is 3.84. The van der Waals surface area contributed by atoms with Crippen LogP contribution in [0.3, 0.4) is 0 Å². The first-order chi connectivity index (χ1) is 9.65. The van der Waals surface area contributed by atoms with E-state index in [4.69, 9.17) is 0 Å². The molecule has 1 heterocycles. The van der Waals surface area contributed by atoms with Crippen LogP contribution in [0.25, 0.3) is 0 Å². The van der Waals surface area contributed by atoms with Crippen LogP contribution in [0.4, 0.5) is 4.39 Å². The molecule has 3 nitrogen and oxygen atoms in total. The normalized spacial score (nSPS) is 23.3. The highest BCUT2D eigenvalue weighted by atomic mass is 35.5. The van der Waals surface area contributed by atoms with Crippen molar-refractivity contribution < 1.29 is 9.18 Å². The van der Waals surface area contributed by atoms with Crippen molar-refractivity contribution in [3.8, 4) is 0 Å². The molecule has 1 aromatic rings. The first-order valence-corrected chi connectivity index (χ1v) is 7.38. The van der Waals surface area contributed by atoms with Gasteiger partial charge in [0, 0.05) is 19.1 Å². The highest BCUT2D eigenvalue weighted by Gasteiger charge is 2.53. The monoisotopic (exact) mass is 312 g/mol. The van der Waals surface area contributed by atoms with Crippen LogP contribution in [0, 0.1) is 5.82 Å². The second-order valence-electron chi connectivity index (χ2n) is 5.97. The van der Waals surface area contributed by atoms with Crippen LogP contribution >= 0.6 is 12.4 Å². The van der Waals surface area contributed by atoms with E-state index in [1.165, 1.54) is 12.1 Å². The molecule has 2 aliphatic rings. The van der Waals surface area contributed by atoms with Crippen molar-refractivity contribution in [3.05, 3.63) is 35.6 Å². The molecule has 5 heteroatoms. The summed E-state index contributed by atoms with van der Waals surface area (Å²) in [7, 11) is 1.94. The molecule has 1 saturated heterocycles. The highest BCUT2D eigenvalue weighted by molar-refractivity contribution is 5.91. The SMILES string of the molecule is CNC1CCCN(C(=O)C2(c3cccc(F)c3)CC2)C1.Cl. The van der Waals surface area contributed by atoms with Gasteiger partial charge in [-0.1, -0.05) is 12.1 Å². The number of likely N-dealkylation sites (N-methyl/N-ethyl adjacent to an activating group) is 1. The van der Waals surface area contributed by atoms with Gasteiger partial charge in [0.05, 0.1) is 5.41 Å². The molecule has 0 spiro atoms. The third-order valence-electron chi connectivity index (χ3n) is 4.65. The average molecular weight is 313 g/mol. The Balaban J connectivity index is 0.00000161. The maximum absolute atomic E-state index is 13.4. The summed E-state index contributed by atoms with van der Waals surface area (Å²) in [5.74, 6) is -0.0728. The van der Waals surface area contributed by atoms with Gasteiger partial charge in [-0.05, 0) is 50.4 Å². The molecule has 0 radical (unpaired) electrons. The van der Waals surface area contributed by atoms with Crippen LogP contribution in [0.15, 0.2) is 24.3 Å². The largest absolute Gasteiger partial charge is 0.340 e. The van der Waals surface area contributed by atoms with Crippen LogP contribution in [0.2, 0.25) is 0 Å². The van der Waals surface area contributed by atoms with E-state index in [9.17, 15) is 9.18 Å². The van der Waals surface area contributed by atoms with Gasteiger partial charge < -0.3 is 10.2 Å². The lowest BCUT2D eigenvalue weighted by atomic mass is 9.93. The highest BCUT2D eigenvalue weighted by Crippen LogP contribution is 2.50. The predicted molar refractivity (Wildman–Crippen MR) is 83.2 cm³/mol. The third kappa shape index (κ3) is 3.06. The van der Waals surface area contributed by atoms with Crippen molar-refractivity contribution in [1.82, 2.24) is 10.2 Å². The van der Waals surface area contributed by atoms with Crippen molar-refractivity contribution >= 4 is 18.3 Å². The van der Waals surface area contributed by atoms with Crippen LogP contribution in [0.1, 0.15) is 31.2 Å². The number of benzene rings is 1. The van der Waals surface area contributed by atoms with Crippen molar-refractivity contribution in [2.75, 3.05) is 20.1 Å². The molecule has 1 amide bonds. The standard InChI is InChI=1S/C16H21FN2O.ClH/c1-18-14-6-3-9-19(11-14)15(20)16(7-8-16)12-4-2-5-13(17)10-12;/h2,4-5,10,14,18H,3,6-9,11H2,1H3;1H. The van der Waals surface area contributed by atoms with Gasteiger partial charge in [-0.3, -0.25) is 4.79 Å². The average Bonchev–Trinajstić information content (AvgIpc) is 3.28. The molecule has 1 saturated carbocycles. The Morgan fingerprint density at radius 3 is 2.81 bits per heavy atom. The molecular weight excluding hydrogens is 291 g/mol. The molecule has 0 aromatic heterocycles. The van der Waals surface area contributed by atoms with Crippen LogP contribution < -0.4 is 5.32 Å². The van der Waals surface area contributed by atoms with Gasteiger partial charge >= 0.3 is 0 Å². The number of piperidine rings is 1. The van der Waals surface area contributed by atoms with Gasteiger partial charge in [0.1, 0.15) is 5.82 Å². The lowest BCUT2D eigenvalue weighted by molar-refractivity contribution is -0.135. The molecule has 116 valence electrons. The fraction of sp³-hybridized carbons (Fsp3) is 0.562. The summed E-state index contributed by atoms with van der Waals surface area (Å²) < 4.78 is 13.4. The van der Waals surface area contributed by atoms with Gasteiger partial charge in [0.15, 0.2) is 0 Å². The number of likely N-dealkylation sites (tertiary alicyclic amines) is 1. The number of amides is 1. The molecule has 1 aliphatic carbocycles. The number of nitrogens with one attached hydrogen (secondary N) is 1. The Bertz CT molecular complexity index is 519. The molecule has 1 aromatic carbocycles. The summed E-state index contributed by atoms with van der Waals surface area (Å²) in [6.45, 7) is 1.60. The Morgan fingerprint density at radius 1 is 1.43 bits per heavy atom. The second kappa shape index (κ2) is 6.32. The topological polar surface area (TPSA) is 32.3 Å². The number of halogens is 2. The summed E-state index contributed by atoms with van der Waals surface area (Å²) in [4.78, 5) is 14.8. The molecule has 0 bridgehead atoms. The van der Waals surface area contributed by atoms with E-state index in [0.717, 1.165) is 44.3 Å². The van der Waals surface area contributed by atoms with Gasteiger partial charge in [-0.15, -0.1) is 12.4 Å². The summed E-state index contributed by atoms with van der Waals surface area (Å²) >= 11 is 0. The molecule has 2 fully saturated rings. The fourth-order valence-corrected chi connectivity index (χ4v) is 3.24. The van der Waals surface area contributed by atoms with Crippen molar-refractivity contribution in [2.24, 2.45) is 0 Å². The molecule has 1 aliphatic heterocycles. The second-order valence-corrected chi connectivity index (χ2v) is 5.97. The van der Waals surface area contributed by atoms with Crippen LogP contribution in [-0.2, 0) is 10.2 Å². The molecular formula is C16H22ClFN2O. The van der Waals surface area contributed by atoms with Gasteiger partial charge in [0.2, 0.25) is 5.91 Å². The lowest BCUT2D eigenvalue weighted by Crippen LogP contribution is -2.50. The molecule has 3 rings (SSSR count). The zero-order valence-corrected chi connectivity index (χ0v) is 13.1. The minimum Gasteiger partial charge on any atom is -0.340 e. The Labute approximate surface area is 131 Å². The van der Waals surface area contributed by atoms with Crippen LogP contribution in [0.5, 0.6) is 0 Å². The number of hydrogen-bond donors (Lipinski definition) is 1. The molecule has 1 N–H and O–H groups in total. The van der Waals surface area contributed by atoms with Crippen molar-refractivity contribution in [3.63, 3.8) is 0 Å². The van der Waals surface area contributed by atoms with E-state index in [2.05, 4.69) is 5.32 Å². The van der Waals surface area contributed by atoms with Gasteiger partial charge in [-0.2, -0.15) is 0 Å². The smallest absolute Gasteiger partial charge is 0.233 e. The number of rotatable bonds is 3. The first-order valence-electron chi connectivity index (χ1n) is 7.38. The maximum Gasteiger partial charge on any atom is 0.233 e. The van der Waals surface area contributed by atoms with Crippen molar-refractivity contribution in [2.45, 2.75) is 37.1 Å². The number of carbonyl (C=O) groups is 1. The minimum atomic E-state index is -0.447. The molecule has 1 unspecified atom stereocenters. The quantitative estimate of drug-likeness (QED) is 0.930. The maximum atomic E-state index is 13.4. The zero-order chi connectivity index (χ0) is 14.2. The lowest BCUT2D eigenvalue weighted by Gasteiger charge is -2.35. The Morgan fingerprint density at radius 2 is 2.19 bits per heavy atom. The van der Waals surface area contributed by atoms with E-state index < -0.39 is 5.41 Å². The van der Waals surface area contributed by atoms with Gasteiger partial charge in [-0.25, -0.2) is 4.39 Å². The molecule has 21 heavy (non-hydrogen) atoms. The first kappa shape index (κ1) is 16.2. The van der Waals surface area contributed by atoms with E-state index in [-0.39, 0.29) is 24.1 Å². The van der Waals surface area contributed by atoms with Crippen LogP contribution in [-0.4, -0.2) is 37.0 Å². The minimum absolute atomic E-state index is 0. The number of hydrogen-bond acceptors (Lipinski definition) is 2. The Kier molecular flexibility index (Phi) is 4.89. The summed E-state index contributed by atoms with van der Waals surface area (Å²) in [5, 5.41) is 3.26. The third-order valence-corrected chi connectivity index (χ3v) is 4.65. The van der Waals surface area contributed by atoms with E-state index in [1.807, 2.05) is 18.0 Å². The van der Waals surface area contributed by atoms with Gasteiger partial charge in [0.25, 0.3) is 0 Å². The summed E-state index contributed by atoms with van der Waals surface area (Å²) in [5.41, 5.74) is 0.395. The van der Waals surface area contributed by atoms with E-state index in [0.29, 0.717) is 6.04 Å². The predicted octanol–water partition coefficient (Wildman–Crippen LogP) is 2.49. The number of carbonyl (C=O) groups excluding carboxylic acids is 1. The van der Waals surface area contributed by atoms with E-state index >= 15 is 0 Å². The summed E-state index contributed by atoms with van der Waals surface area (Å²) in [6, 6.07) is 6.92.